The van der Waals surface area contributed by atoms with Crippen LogP contribution in [0, 0.1) is 11.8 Å². The predicted octanol–water partition coefficient (Wildman–Crippen LogP) is 2.58. The van der Waals surface area contributed by atoms with Gasteiger partial charge in [-0.15, -0.1) is 0 Å². The van der Waals surface area contributed by atoms with Crippen molar-refractivity contribution in [2.45, 2.75) is 139 Å². The molecule has 6 aliphatic rings. The molecule has 2 aromatic carbocycles. The number of carbonyl (C=O) groups is 6. The molecule has 4 heterocycles. The largest absolute Gasteiger partial charge is 0.381 e. The normalized spacial score (nSPS) is 25.0. The zero-order chi connectivity index (χ0) is 46.5. The Morgan fingerprint density at radius 3 is 1.33 bits per heavy atom. The number of likely N-dealkylation sites (tertiary alicyclic amines) is 2. The van der Waals surface area contributed by atoms with Crippen molar-refractivity contribution in [2.24, 2.45) is 11.8 Å². The molecule has 0 saturated carbocycles. The second-order valence-electron chi connectivity index (χ2n) is 19.2. The molecule has 0 aromatic heterocycles. The number of likely N-dealkylation sites (N-methyl/N-ethyl adjacent to an activating group) is 2. The van der Waals surface area contributed by atoms with Crippen LogP contribution in [0.4, 0.5) is 0 Å². The van der Waals surface area contributed by atoms with Crippen LogP contribution in [0.5, 0.6) is 0 Å². The minimum absolute atomic E-state index is 0.0717. The van der Waals surface area contributed by atoms with Gasteiger partial charge in [0.25, 0.3) is 0 Å². The Hall–Kier alpha value is -4.90. The number of ether oxygens (including phenoxy) is 2. The van der Waals surface area contributed by atoms with E-state index < -0.39 is 36.3 Å². The van der Waals surface area contributed by atoms with Gasteiger partial charge in [-0.1, -0.05) is 36.4 Å². The summed E-state index contributed by atoms with van der Waals surface area (Å²) in [5.41, 5.74) is 6.79. The lowest BCUT2D eigenvalue weighted by Crippen LogP contribution is -2.58. The Bertz CT molecular complexity index is 1970. The fourth-order valence-electron chi connectivity index (χ4n) is 11.3. The third-order valence-electron chi connectivity index (χ3n) is 15.4. The molecular formula is C50H70N8O8. The van der Waals surface area contributed by atoms with Crippen molar-refractivity contribution >= 4 is 35.4 Å². The first kappa shape index (κ1) is 47.6. The molecule has 2 aliphatic carbocycles. The molecule has 16 nitrogen and oxygen atoms in total. The van der Waals surface area contributed by atoms with Crippen LogP contribution >= 0.6 is 0 Å². The van der Waals surface area contributed by atoms with Gasteiger partial charge < -0.3 is 51.2 Å². The van der Waals surface area contributed by atoms with Gasteiger partial charge in [-0.3, -0.25) is 28.8 Å². The summed E-state index contributed by atoms with van der Waals surface area (Å²) in [5, 5.41) is 18.6. The second-order valence-corrected chi connectivity index (χ2v) is 19.2. The van der Waals surface area contributed by atoms with E-state index in [-0.39, 0.29) is 59.4 Å². The van der Waals surface area contributed by atoms with Crippen molar-refractivity contribution in [1.29, 1.82) is 0 Å². The zero-order valence-corrected chi connectivity index (χ0v) is 39.1. The van der Waals surface area contributed by atoms with E-state index in [1.54, 1.807) is 37.7 Å². The average Bonchev–Trinajstić information content (AvgIpc) is 4.19. The fourth-order valence-corrected chi connectivity index (χ4v) is 11.3. The van der Waals surface area contributed by atoms with Crippen molar-refractivity contribution in [3.8, 4) is 11.1 Å². The van der Waals surface area contributed by atoms with E-state index in [9.17, 15) is 28.8 Å². The number of benzene rings is 2. The summed E-state index contributed by atoms with van der Waals surface area (Å²) in [5.74, 6) is -1.37. The van der Waals surface area contributed by atoms with Gasteiger partial charge in [-0.2, -0.15) is 0 Å². The predicted molar refractivity (Wildman–Crippen MR) is 248 cm³/mol. The van der Waals surface area contributed by atoms with Gasteiger partial charge in [0.05, 0.1) is 24.2 Å². The lowest BCUT2D eigenvalue weighted by Gasteiger charge is -2.35. The molecule has 358 valence electrons. The molecule has 4 aliphatic heterocycles. The van der Waals surface area contributed by atoms with Gasteiger partial charge >= 0.3 is 0 Å². The van der Waals surface area contributed by atoms with Crippen LogP contribution in [0.25, 0.3) is 11.1 Å². The summed E-state index contributed by atoms with van der Waals surface area (Å²) in [6.45, 7) is 6.57. The van der Waals surface area contributed by atoms with Crippen LogP contribution in [0.2, 0.25) is 0 Å². The first-order valence-corrected chi connectivity index (χ1v) is 24.5. The summed E-state index contributed by atoms with van der Waals surface area (Å²) in [4.78, 5) is 86.4. The minimum atomic E-state index is -0.726. The van der Waals surface area contributed by atoms with E-state index in [1.807, 2.05) is 12.1 Å². The number of amides is 6. The Labute approximate surface area is 388 Å². The molecule has 8 atom stereocenters. The molecule has 2 aromatic rings. The Kier molecular flexibility index (Phi) is 15.4. The van der Waals surface area contributed by atoms with Crippen molar-refractivity contribution < 1.29 is 38.2 Å². The summed E-state index contributed by atoms with van der Waals surface area (Å²) in [7, 11) is 3.42. The Morgan fingerprint density at radius 1 is 0.561 bits per heavy atom. The van der Waals surface area contributed by atoms with E-state index in [0.717, 1.165) is 47.9 Å². The molecule has 8 rings (SSSR count). The van der Waals surface area contributed by atoms with Gasteiger partial charge in [0, 0.05) is 39.5 Å². The SMILES string of the molecule is CN[C@@H](C)C(=O)N[C@H](C(=O)N1CCC[C@H]1C(=O)N[C@@H]1CCc2c(-c3cccc4c3CC[C@H]4NC(=O)[C@@H]3CCCN3C(=O)[C@@H](NC(=O)[C@H](C)NC)C3CCOCC3)cccc21)C1CCOCC1. The monoisotopic (exact) mass is 911 g/mol. The molecule has 0 radical (unpaired) electrons. The summed E-state index contributed by atoms with van der Waals surface area (Å²) >= 11 is 0. The van der Waals surface area contributed by atoms with Crippen LogP contribution in [0.15, 0.2) is 36.4 Å². The first-order chi connectivity index (χ1) is 32.0. The maximum absolute atomic E-state index is 14.3. The third-order valence-corrected chi connectivity index (χ3v) is 15.4. The third kappa shape index (κ3) is 10.0. The summed E-state index contributed by atoms with van der Waals surface area (Å²) < 4.78 is 11.2. The fraction of sp³-hybridized carbons (Fsp3) is 0.640. The average molecular weight is 911 g/mol. The first-order valence-electron chi connectivity index (χ1n) is 24.5. The van der Waals surface area contributed by atoms with Crippen LogP contribution in [-0.4, -0.2) is 135 Å². The van der Waals surface area contributed by atoms with Crippen molar-refractivity contribution in [3.63, 3.8) is 0 Å². The quantitative estimate of drug-likeness (QED) is 0.155. The van der Waals surface area contributed by atoms with Gasteiger partial charge in [0.1, 0.15) is 24.2 Å². The molecule has 6 N–H and O–H groups in total. The topological polar surface area (TPSA) is 200 Å². The van der Waals surface area contributed by atoms with E-state index in [0.29, 0.717) is 90.9 Å². The Morgan fingerprint density at radius 2 is 0.955 bits per heavy atom. The molecule has 6 amide bonds. The highest BCUT2D eigenvalue weighted by molar-refractivity contribution is 5.95. The van der Waals surface area contributed by atoms with Gasteiger partial charge in [-0.05, 0) is 150 Å². The standard InChI is InChI=1S/C50H70N8O8/c1-29(51-3)45(59)55-43(31-19-25-65-26-20-31)49(63)57-23-7-13-41(57)47(61)53-39-17-15-35-33(9-5-11-37(35)39)34-10-6-12-38-36(34)16-18-40(38)54-48(62)42-14-8-24-58(42)50(64)44(32-21-27-66-28-22-32)56-46(60)30(2)52-4/h5-6,9-12,29-32,39-44,51-52H,7-8,13-28H2,1-4H3,(H,53,61)(H,54,62)(H,55,59)(H,56,60)/t29-,30-,39+,40+,41-,42-,43-,44-/m0/s1. The maximum atomic E-state index is 14.3. The van der Waals surface area contributed by atoms with E-state index in [4.69, 9.17) is 9.47 Å². The number of carbonyl (C=O) groups excluding carboxylic acids is 6. The molecule has 0 spiro atoms. The maximum Gasteiger partial charge on any atom is 0.246 e. The number of rotatable bonds is 15. The molecule has 66 heavy (non-hydrogen) atoms. The number of nitrogens with one attached hydrogen (secondary N) is 6. The zero-order valence-electron chi connectivity index (χ0n) is 39.1. The van der Waals surface area contributed by atoms with E-state index >= 15 is 0 Å². The molecule has 4 saturated heterocycles. The Balaban J connectivity index is 0.941. The lowest BCUT2D eigenvalue weighted by molar-refractivity contribution is -0.144. The number of nitrogens with zero attached hydrogens (tertiary/aromatic N) is 2. The van der Waals surface area contributed by atoms with Gasteiger partial charge in [0.2, 0.25) is 35.4 Å². The molecule has 0 bridgehead atoms. The van der Waals surface area contributed by atoms with Crippen LogP contribution < -0.4 is 31.9 Å². The molecule has 0 unspecified atom stereocenters. The van der Waals surface area contributed by atoms with Crippen LogP contribution in [0.1, 0.15) is 112 Å². The van der Waals surface area contributed by atoms with Crippen molar-refractivity contribution in [1.82, 2.24) is 41.7 Å². The minimum Gasteiger partial charge on any atom is -0.381 e. The molecule has 16 heteroatoms. The lowest BCUT2D eigenvalue weighted by atomic mass is 9.90. The van der Waals surface area contributed by atoms with Gasteiger partial charge in [0.15, 0.2) is 0 Å². The number of fused-ring (bicyclic) bond motifs is 2. The highest BCUT2D eigenvalue weighted by Gasteiger charge is 2.44. The highest BCUT2D eigenvalue weighted by Crippen LogP contribution is 2.43. The molecule has 4 fully saturated rings. The summed E-state index contributed by atoms with van der Waals surface area (Å²) in [6.07, 6.45) is 8.23. The highest BCUT2D eigenvalue weighted by atomic mass is 16.5. The number of hydrogen-bond acceptors (Lipinski definition) is 10. The van der Waals surface area contributed by atoms with Crippen molar-refractivity contribution in [2.75, 3.05) is 53.6 Å². The van der Waals surface area contributed by atoms with E-state index in [1.165, 1.54) is 11.1 Å². The van der Waals surface area contributed by atoms with Crippen LogP contribution in [0.3, 0.4) is 0 Å². The van der Waals surface area contributed by atoms with Crippen molar-refractivity contribution in [3.05, 3.63) is 58.7 Å². The number of hydrogen-bond donors (Lipinski definition) is 6. The smallest absolute Gasteiger partial charge is 0.246 e. The van der Waals surface area contributed by atoms with E-state index in [2.05, 4.69) is 56.2 Å². The molecular weight excluding hydrogens is 841 g/mol. The van der Waals surface area contributed by atoms with Crippen LogP contribution in [-0.2, 0) is 51.1 Å². The summed E-state index contributed by atoms with van der Waals surface area (Å²) in [6, 6.07) is 8.53. The second kappa shape index (κ2) is 21.4. The van der Waals surface area contributed by atoms with Gasteiger partial charge in [-0.25, -0.2) is 0 Å².